The number of fused-ring (bicyclic) bond motifs is 1. The number of hydrogen-bond donors (Lipinski definition) is 1. The lowest BCUT2D eigenvalue weighted by Crippen LogP contribution is -1.99. The summed E-state index contributed by atoms with van der Waals surface area (Å²) in [5.41, 5.74) is 1.88. The Labute approximate surface area is 119 Å². The minimum absolute atomic E-state index is 0.271. The first-order valence-electron chi connectivity index (χ1n) is 6.29. The Hall–Kier alpha value is -2.21. The highest BCUT2D eigenvalue weighted by molar-refractivity contribution is 7.11. The van der Waals surface area contributed by atoms with Crippen molar-refractivity contribution in [3.8, 4) is 0 Å². The number of carboxylic acids is 1. The average Bonchev–Trinajstić information content (AvgIpc) is 3.06. The van der Waals surface area contributed by atoms with Gasteiger partial charge in [0.05, 0.1) is 29.5 Å². The maximum Gasteiger partial charge on any atom is 0.335 e. The molecule has 0 amide bonds. The van der Waals surface area contributed by atoms with Crippen LogP contribution in [-0.4, -0.2) is 25.6 Å². The fourth-order valence-corrected chi connectivity index (χ4v) is 2.91. The lowest BCUT2D eigenvalue weighted by molar-refractivity contribution is 0.0697. The van der Waals surface area contributed by atoms with E-state index in [4.69, 9.17) is 5.11 Å². The maximum atomic E-state index is 11.0. The van der Waals surface area contributed by atoms with Crippen LogP contribution in [0.4, 0.5) is 0 Å². The molecule has 0 radical (unpaired) electrons. The van der Waals surface area contributed by atoms with Crippen LogP contribution < -0.4 is 0 Å². The van der Waals surface area contributed by atoms with Gasteiger partial charge in [-0.05, 0) is 24.6 Å². The van der Waals surface area contributed by atoms with Gasteiger partial charge < -0.3 is 9.67 Å². The van der Waals surface area contributed by atoms with Crippen molar-refractivity contribution in [3.63, 3.8) is 0 Å². The van der Waals surface area contributed by atoms with Gasteiger partial charge in [0.1, 0.15) is 5.01 Å². The second kappa shape index (κ2) is 5.05. The summed E-state index contributed by atoms with van der Waals surface area (Å²) in [7, 11) is 0. The molecule has 3 rings (SSSR count). The molecule has 3 aromatic rings. The summed E-state index contributed by atoms with van der Waals surface area (Å²) in [6.07, 6.45) is 4.59. The Morgan fingerprint density at radius 3 is 2.95 bits per heavy atom. The van der Waals surface area contributed by atoms with Crippen LogP contribution in [0.5, 0.6) is 0 Å². The smallest absolute Gasteiger partial charge is 0.335 e. The third-order valence-electron chi connectivity index (χ3n) is 3.12. The average molecular weight is 287 g/mol. The summed E-state index contributed by atoms with van der Waals surface area (Å²) in [4.78, 5) is 21.0. The first-order chi connectivity index (χ1) is 9.67. The van der Waals surface area contributed by atoms with Crippen molar-refractivity contribution in [3.05, 3.63) is 46.2 Å². The number of aromatic nitrogens is 3. The van der Waals surface area contributed by atoms with Gasteiger partial charge in [0.2, 0.25) is 0 Å². The fraction of sp³-hybridized carbons (Fsp3) is 0.214. The molecule has 0 atom stereocenters. The molecule has 2 aromatic heterocycles. The summed E-state index contributed by atoms with van der Waals surface area (Å²) >= 11 is 1.67. The molecule has 1 aromatic carbocycles. The van der Waals surface area contributed by atoms with Crippen LogP contribution in [0.15, 0.2) is 30.7 Å². The van der Waals surface area contributed by atoms with Crippen molar-refractivity contribution in [1.82, 2.24) is 14.5 Å². The standard InChI is InChI=1S/C14H13N3O2S/c1-2-10-6-15-13(20-10)7-17-8-16-11-4-3-9(14(18)19)5-12(11)17/h3-6,8H,2,7H2,1H3,(H,18,19). The zero-order valence-electron chi connectivity index (χ0n) is 10.9. The summed E-state index contributed by atoms with van der Waals surface area (Å²) in [6.45, 7) is 2.72. The largest absolute Gasteiger partial charge is 0.478 e. The molecule has 0 saturated carbocycles. The van der Waals surface area contributed by atoms with E-state index in [2.05, 4.69) is 16.9 Å². The van der Waals surface area contributed by atoms with Crippen LogP contribution in [0, 0.1) is 0 Å². The molecule has 0 bridgehead atoms. The Kier molecular flexibility index (Phi) is 3.23. The molecule has 0 spiro atoms. The monoisotopic (exact) mass is 287 g/mol. The Balaban J connectivity index is 1.98. The molecule has 0 aliphatic heterocycles. The molecule has 20 heavy (non-hydrogen) atoms. The number of imidazole rings is 1. The summed E-state index contributed by atoms with van der Waals surface area (Å²) in [5.74, 6) is -0.929. The van der Waals surface area contributed by atoms with Gasteiger partial charge >= 0.3 is 5.97 Å². The van der Waals surface area contributed by atoms with Gasteiger partial charge in [0.15, 0.2) is 0 Å². The van der Waals surface area contributed by atoms with Gasteiger partial charge in [0, 0.05) is 11.1 Å². The van der Waals surface area contributed by atoms with Gasteiger partial charge in [-0.3, -0.25) is 0 Å². The van der Waals surface area contributed by atoms with Gasteiger partial charge in [-0.25, -0.2) is 14.8 Å². The number of carboxylic acid groups (broad SMARTS) is 1. The topological polar surface area (TPSA) is 68.0 Å². The van der Waals surface area contributed by atoms with Crippen molar-refractivity contribution in [2.75, 3.05) is 0 Å². The molecule has 0 aliphatic carbocycles. The van der Waals surface area contributed by atoms with E-state index in [-0.39, 0.29) is 5.56 Å². The lowest BCUT2D eigenvalue weighted by atomic mass is 10.2. The van der Waals surface area contributed by atoms with Crippen molar-refractivity contribution in [2.45, 2.75) is 19.9 Å². The van der Waals surface area contributed by atoms with E-state index in [9.17, 15) is 4.79 Å². The first kappa shape index (κ1) is 12.8. The highest BCUT2D eigenvalue weighted by atomic mass is 32.1. The molecule has 0 fully saturated rings. The lowest BCUT2D eigenvalue weighted by Gasteiger charge is -2.02. The van der Waals surface area contributed by atoms with Crippen LogP contribution in [-0.2, 0) is 13.0 Å². The van der Waals surface area contributed by atoms with Crippen LogP contribution in [0.2, 0.25) is 0 Å². The van der Waals surface area contributed by atoms with E-state index >= 15 is 0 Å². The van der Waals surface area contributed by atoms with Crippen molar-refractivity contribution >= 4 is 28.3 Å². The summed E-state index contributed by atoms with van der Waals surface area (Å²) in [6, 6.07) is 4.95. The Morgan fingerprint density at radius 1 is 1.40 bits per heavy atom. The number of aryl methyl sites for hydroxylation is 1. The van der Waals surface area contributed by atoms with E-state index in [1.54, 1.807) is 35.9 Å². The zero-order chi connectivity index (χ0) is 14.1. The number of carbonyl (C=O) groups is 1. The normalized spacial score (nSPS) is 11.1. The van der Waals surface area contributed by atoms with Crippen molar-refractivity contribution in [2.24, 2.45) is 0 Å². The van der Waals surface area contributed by atoms with E-state index in [0.29, 0.717) is 6.54 Å². The predicted octanol–water partition coefficient (Wildman–Crippen LogP) is 2.80. The molecule has 5 nitrogen and oxygen atoms in total. The predicted molar refractivity (Wildman–Crippen MR) is 77.3 cm³/mol. The van der Waals surface area contributed by atoms with Crippen molar-refractivity contribution in [1.29, 1.82) is 0 Å². The molecule has 0 unspecified atom stereocenters. The number of rotatable bonds is 4. The SMILES string of the molecule is CCc1cnc(Cn2cnc3ccc(C(=O)O)cc32)s1. The van der Waals surface area contributed by atoms with E-state index in [1.165, 1.54) is 4.88 Å². The number of thiazole rings is 1. The fourth-order valence-electron chi connectivity index (χ4n) is 2.05. The van der Waals surface area contributed by atoms with Gasteiger partial charge in [0.25, 0.3) is 0 Å². The van der Waals surface area contributed by atoms with Gasteiger partial charge in [-0.15, -0.1) is 11.3 Å². The summed E-state index contributed by atoms with van der Waals surface area (Å²) < 4.78 is 1.93. The minimum Gasteiger partial charge on any atom is -0.478 e. The van der Waals surface area contributed by atoms with Crippen LogP contribution in [0.1, 0.15) is 27.2 Å². The second-order valence-corrected chi connectivity index (χ2v) is 5.65. The molecular weight excluding hydrogens is 274 g/mol. The first-order valence-corrected chi connectivity index (χ1v) is 7.11. The molecule has 2 heterocycles. The van der Waals surface area contributed by atoms with Crippen LogP contribution in [0.25, 0.3) is 11.0 Å². The number of hydrogen-bond acceptors (Lipinski definition) is 4. The Morgan fingerprint density at radius 2 is 2.25 bits per heavy atom. The Bertz CT molecular complexity index is 776. The molecule has 0 saturated heterocycles. The highest BCUT2D eigenvalue weighted by Gasteiger charge is 2.09. The minimum atomic E-state index is -0.929. The van der Waals surface area contributed by atoms with E-state index in [1.807, 2.05) is 10.8 Å². The van der Waals surface area contributed by atoms with Gasteiger partial charge in [-0.2, -0.15) is 0 Å². The highest BCUT2D eigenvalue weighted by Crippen LogP contribution is 2.19. The maximum absolute atomic E-state index is 11.0. The number of benzene rings is 1. The third-order valence-corrected chi connectivity index (χ3v) is 4.25. The second-order valence-electron chi connectivity index (χ2n) is 4.45. The number of nitrogens with zero attached hydrogens (tertiary/aromatic N) is 3. The number of aromatic carboxylic acids is 1. The molecule has 102 valence electrons. The quantitative estimate of drug-likeness (QED) is 0.801. The molecule has 0 aliphatic rings. The van der Waals surface area contributed by atoms with E-state index in [0.717, 1.165) is 22.5 Å². The molecule has 1 N–H and O–H groups in total. The van der Waals surface area contributed by atoms with Crippen LogP contribution >= 0.6 is 11.3 Å². The third kappa shape index (κ3) is 2.30. The van der Waals surface area contributed by atoms with Crippen LogP contribution in [0.3, 0.4) is 0 Å². The molecule has 6 heteroatoms. The van der Waals surface area contributed by atoms with Gasteiger partial charge in [-0.1, -0.05) is 6.92 Å². The summed E-state index contributed by atoms with van der Waals surface area (Å²) in [5, 5.41) is 10.1. The van der Waals surface area contributed by atoms with E-state index < -0.39 is 5.97 Å². The molecular formula is C14H13N3O2S. The zero-order valence-corrected chi connectivity index (χ0v) is 11.7. The van der Waals surface area contributed by atoms with Crippen molar-refractivity contribution < 1.29 is 9.90 Å².